The van der Waals surface area contributed by atoms with E-state index in [-0.39, 0.29) is 30.0 Å². The quantitative estimate of drug-likeness (QED) is 0.674. The van der Waals surface area contributed by atoms with Gasteiger partial charge < -0.3 is 14.8 Å². The average molecular weight is 428 g/mol. The van der Waals surface area contributed by atoms with Crippen LogP contribution in [-0.2, 0) is 16.9 Å². The van der Waals surface area contributed by atoms with Gasteiger partial charge in [0.2, 0.25) is 0 Å². The maximum absolute atomic E-state index is 14.6. The molecule has 0 bridgehead atoms. The van der Waals surface area contributed by atoms with Crippen LogP contribution in [0.1, 0.15) is 59.5 Å². The van der Waals surface area contributed by atoms with E-state index in [1.54, 1.807) is 20.4 Å². The minimum atomic E-state index is -1.16. The summed E-state index contributed by atoms with van der Waals surface area (Å²) < 4.78 is 41.3. The zero-order chi connectivity index (χ0) is 21.8. The summed E-state index contributed by atoms with van der Waals surface area (Å²) in [6.45, 7) is 2.12. The molecule has 0 radical (unpaired) electrons. The average Bonchev–Trinajstić information content (AvgIpc) is 3.49. The molecule has 31 heavy (non-hydrogen) atoms. The number of ether oxygens (including phenoxy) is 2. The smallest absolute Gasteiger partial charge is 0.274 e. The molecular weight excluding hydrogens is 406 g/mol. The molecule has 2 aromatic heterocycles. The van der Waals surface area contributed by atoms with Crippen molar-refractivity contribution in [2.75, 3.05) is 13.7 Å². The first-order chi connectivity index (χ1) is 14.9. The van der Waals surface area contributed by atoms with Crippen LogP contribution < -0.4 is 10.1 Å². The summed E-state index contributed by atoms with van der Waals surface area (Å²) in [4.78, 5) is 22.1. The summed E-state index contributed by atoms with van der Waals surface area (Å²) in [5, 5.41) is 2.86. The molecule has 162 valence electrons. The molecule has 7 nitrogen and oxygen atoms in total. The lowest BCUT2D eigenvalue weighted by molar-refractivity contribution is 0.0863. The molecule has 9 heteroatoms. The predicted molar refractivity (Wildman–Crippen MR) is 107 cm³/mol. The van der Waals surface area contributed by atoms with Crippen molar-refractivity contribution in [3.63, 3.8) is 0 Å². The van der Waals surface area contributed by atoms with Gasteiger partial charge in [0.25, 0.3) is 5.91 Å². The number of amides is 1. The molecule has 1 fully saturated rings. The second kappa shape index (κ2) is 7.26. The Morgan fingerprint density at radius 1 is 1.35 bits per heavy atom. The molecular formula is C22H22F2N4O3. The molecule has 0 saturated heterocycles. The molecule has 5 rings (SSSR count). The molecule has 1 aliphatic heterocycles. The van der Waals surface area contributed by atoms with Gasteiger partial charge in [0.05, 0.1) is 30.0 Å². The van der Waals surface area contributed by atoms with Crippen LogP contribution in [-0.4, -0.2) is 34.0 Å². The Hall–Kier alpha value is -3.07. The van der Waals surface area contributed by atoms with E-state index in [1.165, 1.54) is 0 Å². The van der Waals surface area contributed by atoms with Crippen LogP contribution in [0.15, 0.2) is 24.5 Å². The predicted octanol–water partition coefficient (Wildman–Crippen LogP) is 3.46. The molecule has 3 heterocycles. The second-order valence-electron chi connectivity index (χ2n) is 8.28. The number of imidazole rings is 1. The monoisotopic (exact) mass is 428 g/mol. The maximum atomic E-state index is 14.6. The number of halogens is 2. The summed E-state index contributed by atoms with van der Waals surface area (Å²) in [5.74, 6) is -1.57. The standard InChI is InChI=1S/C22H22F2N4O3/c1-22(7-8-31-19-15(24)6-5-14(23)17(19)22)27-21(29)18-20-26-13(10-30-2)9-16(12-3-4-12)28(20)11-25-18/h5-6,9,11-12H,3-4,7-8,10H2,1-2H3,(H,27,29). The number of nitrogens with zero attached hydrogens (tertiary/aromatic N) is 3. The van der Waals surface area contributed by atoms with E-state index in [0.29, 0.717) is 23.9 Å². The van der Waals surface area contributed by atoms with Crippen LogP contribution in [0.5, 0.6) is 5.75 Å². The first-order valence-corrected chi connectivity index (χ1v) is 10.2. The fourth-order valence-corrected chi connectivity index (χ4v) is 4.23. The van der Waals surface area contributed by atoms with Gasteiger partial charge in [-0.1, -0.05) is 0 Å². The van der Waals surface area contributed by atoms with Crippen molar-refractivity contribution >= 4 is 11.6 Å². The highest BCUT2D eigenvalue weighted by Gasteiger charge is 2.40. The zero-order valence-corrected chi connectivity index (χ0v) is 17.2. The Morgan fingerprint density at radius 2 is 2.13 bits per heavy atom. The lowest BCUT2D eigenvalue weighted by Gasteiger charge is -2.36. The minimum Gasteiger partial charge on any atom is -0.490 e. The van der Waals surface area contributed by atoms with Gasteiger partial charge in [0.15, 0.2) is 22.9 Å². The van der Waals surface area contributed by atoms with Gasteiger partial charge >= 0.3 is 0 Å². The van der Waals surface area contributed by atoms with Crippen molar-refractivity contribution in [3.8, 4) is 5.75 Å². The second-order valence-corrected chi connectivity index (χ2v) is 8.28. The van der Waals surface area contributed by atoms with Crippen LogP contribution in [0.4, 0.5) is 8.78 Å². The van der Waals surface area contributed by atoms with Gasteiger partial charge in [-0.15, -0.1) is 0 Å². The van der Waals surface area contributed by atoms with Gasteiger partial charge in [0.1, 0.15) is 12.1 Å². The van der Waals surface area contributed by atoms with Gasteiger partial charge in [-0.2, -0.15) is 0 Å². The van der Waals surface area contributed by atoms with Crippen LogP contribution in [0.2, 0.25) is 0 Å². The van der Waals surface area contributed by atoms with E-state index in [4.69, 9.17) is 9.47 Å². The normalized spacial score (nSPS) is 20.4. The molecule has 1 aliphatic carbocycles. The van der Waals surface area contributed by atoms with Crippen molar-refractivity contribution in [3.05, 3.63) is 58.8 Å². The molecule has 1 N–H and O–H groups in total. The van der Waals surface area contributed by atoms with Crippen molar-refractivity contribution in [2.45, 2.75) is 44.2 Å². The molecule has 0 spiro atoms. The number of fused-ring (bicyclic) bond motifs is 2. The van der Waals surface area contributed by atoms with Gasteiger partial charge in [-0.05, 0) is 43.9 Å². The summed E-state index contributed by atoms with van der Waals surface area (Å²) in [7, 11) is 1.59. The number of carbonyl (C=O) groups excluding carboxylic acids is 1. The van der Waals surface area contributed by atoms with Crippen molar-refractivity contribution in [1.29, 1.82) is 0 Å². The van der Waals surface area contributed by atoms with Gasteiger partial charge in [-0.3, -0.25) is 9.20 Å². The molecule has 1 saturated carbocycles. The van der Waals surface area contributed by atoms with Crippen molar-refractivity contribution in [1.82, 2.24) is 19.7 Å². The van der Waals surface area contributed by atoms with Crippen LogP contribution in [0.25, 0.3) is 5.65 Å². The van der Waals surface area contributed by atoms with E-state index in [0.717, 1.165) is 30.7 Å². The lowest BCUT2D eigenvalue weighted by atomic mass is 9.85. The third-order valence-electron chi connectivity index (χ3n) is 5.94. The third-order valence-corrected chi connectivity index (χ3v) is 5.94. The summed E-state index contributed by atoms with van der Waals surface area (Å²) in [6.07, 6.45) is 4.02. The van der Waals surface area contributed by atoms with E-state index in [2.05, 4.69) is 15.3 Å². The maximum Gasteiger partial charge on any atom is 0.274 e. The highest BCUT2D eigenvalue weighted by molar-refractivity contribution is 5.98. The molecule has 2 aliphatic rings. The van der Waals surface area contributed by atoms with E-state index in [1.807, 2.05) is 10.5 Å². The highest BCUT2D eigenvalue weighted by atomic mass is 19.1. The number of hydrogen-bond acceptors (Lipinski definition) is 5. The molecule has 3 aromatic rings. The summed E-state index contributed by atoms with van der Waals surface area (Å²) in [6, 6.07) is 4.04. The van der Waals surface area contributed by atoms with Crippen LogP contribution in [0, 0.1) is 11.6 Å². The van der Waals surface area contributed by atoms with E-state index in [9.17, 15) is 13.6 Å². The number of nitrogens with one attached hydrogen (secondary N) is 1. The number of methoxy groups -OCH3 is 1. The summed E-state index contributed by atoms with van der Waals surface area (Å²) >= 11 is 0. The molecule has 1 unspecified atom stereocenters. The van der Waals surface area contributed by atoms with E-state index >= 15 is 0 Å². The SMILES string of the molecule is COCc1cc(C2CC2)n2cnc(C(=O)NC3(C)CCOc4c(F)ccc(F)c43)c2n1. The Morgan fingerprint density at radius 3 is 2.87 bits per heavy atom. The first-order valence-electron chi connectivity index (χ1n) is 10.2. The van der Waals surface area contributed by atoms with Gasteiger partial charge in [0, 0.05) is 19.2 Å². The zero-order valence-electron chi connectivity index (χ0n) is 17.2. The number of aromatic nitrogens is 3. The third kappa shape index (κ3) is 3.33. The number of rotatable bonds is 5. The van der Waals surface area contributed by atoms with Crippen LogP contribution >= 0.6 is 0 Å². The Labute approximate surface area is 177 Å². The number of benzene rings is 1. The Kier molecular flexibility index (Phi) is 4.65. The fraction of sp³-hybridized carbons (Fsp3) is 0.409. The summed E-state index contributed by atoms with van der Waals surface area (Å²) in [5.41, 5.74) is 1.15. The molecule has 1 atom stereocenters. The Balaban J connectivity index is 1.54. The van der Waals surface area contributed by atoms with Crippen molar-refractivity contribution in [2.24, 2.45) is 0 Å². The number of carbonyl (C=O) groups is 1. The topological polar surface area (TPSA) is 77.8 Å². The first kappa shape index (κ1) is 19.9. The molecule has 1 amide bonds. The van der Waals surface area contributed by atoms with Gasteiger partial charge in [-0.25, -0.2) is 18.7 Å². The van der Waals surface area contributed by atoms with E-state index < -0.39 is 23.1 Å². The van der Waals surface area contributed by atoms with Crippen LogP contribution in [0.3, 0.4) is 0 Å². The lowest BCUT2D eigenvalue weighted by Crippen LogP contribution is -2.47. The van der Waals surface area contributed by atoms with Crippen molar-refractivity contribution < 1.29 is 23.0 Å². The molecule has 1 aromatic carbocycles. The number of hydrogen-bond donors (Lipinski definition) is 1. The highest BCUT2D eigenvalue weighted by Crippen LogP contribution is 2.41. The Bertz CT molecular complexity index is 1190. The largest absolute Gasteiger partial charge is 0.490 e. The minimum absolute atomic E-state index is 0.00214. The fourth-order valence-electron chi connectivity index (χ4n) is 4.23.